The average molecular weight is 377 g/mol. The third-order valence-corrected chi connectivity index (χ3v) is 4.39. The van der Waals surface area contributed by atoms with Crippen LogP contribution in [0.15, 0.2) is 59.7 Å². The standard InChI is InChI=1S/C22H23N3O3/c1-4-28-19-11-9-18(10-12-19)25-15(2)13-17(16(25)3)14-23-24-22(27)20-7-5-6-8-21(20)26/h5-14,26H,4H2,1-3H3,(H,24,27). The molecule has 0 aliphatic rings. The maximum atomic E-state index is 12.1. The molecule has 0 aliphatic carbocycles. The van der Waals surface area contributed by atoms with Crippen LogP contribution in [-0.4, -0.2) is 28.4 Å². The molecule has 0 aliphatic heterocycles. The van der Waals surface area contributed by atoms with Crippen molar-refractivity contribution in [2.24, 2.45) is 5.10 Å². The molecule has 0 fully saturated rings. The zero-order valence-electron chi connectivity index (χ0n) is 16.1. The number of aromatic nitrogens is 1. The van der Waals surface area contributed by atoms with E-state index in [1.165, 1.54) is 12.1 Å². The molecule has 2 N–H and O–H groups in total. The van der Waals surface area contributed by atoms with Crippen LogP contribution in [0.2, 0.25) is 0 Å². The number of nitrogens with zero attached hydrogens (tertiary/aromatic N) is 2. The second-order valence-electron chi connectivity index (χ2n) is 6.31. The van der Waals surface area contributed by atoms with Crippen LogP contribution in [0.3, 0.4) is 0 Å². The Bertz CT molecular complexity index is 1000. The maximum absolute atomic E-state index is 12.1. The predicted octanol–water partition coefficient (Wildman–Crippen LogP) is 3.96. The first kappa shape index (κ1) is 19.2. The molecule has 0 atom stereocenters. The monoisotopic (exact) mass is 377 g/mol. The van der Waals surface area contributed by atoms with Gasteiger partial charge in [-0.3, -0.25) is 4.79 Å². The van der Waals surface area contributed by atoms with Gasteiger partial charge in [-0.05, 0) is 63.2 Å². The number of amides is 1. The molecule has 3 rings (SSSR count). The van der Waals surface area contributed by atoms with Crippen LogP contribution in [0.5, 0.6) is 11.5 Å². The normalized spacial score (nSPS) is 11.0. The first-order chi connectivity index (χ1) is 13.5. The molecule has 0 saturated heterocycles. The van der Waals surface area contributed by atoms with Gasteiger partial charge in [-0.2, -0.15) is 5.10 Å². The number of nitrogens with one attached hydrogen (secondary N) is 1. The van der Waals surface area contributed by atoms with Gasteiger partial charge in [0, 0.05) is 22.6 Å². The third kappa shape index (κ3) is 4.06. The number of carbonyl (C=O) groups excluding carboxylic acids is 1. The topological polar surface area (TPSA) is 75.8 Å². The van der Waals surface area contributed by atoms with Crippen molar-refractivity contribution in [3.63, 3.8) is 0 Å². The summed E-state index contributed by atoms with van der Waals surface area (Å²) in [6.07, 6.45) is 1.60. The highest BCUT2D eigenvalue weighted by atomic mass is 16.5. The Morgan fingerprint density at radius 3 is 2.57 bits per heavy atom. The largest absolute Gasteiger partial charge is 0.507 e. The van der Waals surface area contributed by atoms with Gasteiger partial charge in [0.05, 0.1) is 18.4 Å². The second kappa shape index (κ2) is 8.43. The van der Waals surface area contributed by atoms with E-state index in [1.807, 2.05) is 51.1 Å². The van der Waals surface area contributed by atoms with Gasteiger partial charge in [0.2, 0.25) is 0 Å². The van der Waals surface area contributed by atoms with Gasteiger partial charge in [-0.1, -0.05) is 12.1 Å². The summed E-state index contributed by atoms with van der Waals surface area (Å²) in [5.41, 5.74) is 6.60. The Morgan fingerprint density at radius 1 is 1.18 bits per heavy atom. The number of carbonyl (C=O) groups is 1. The van der Waals surface area contributed by atoms with Crippen molar-refractivity contribution < 1.29 is 14.6 Å². The minimum Gasteiger partial charge on any atom is -0.507 e. The summed E-state index contributed by atoms with van der Waals surface area (Å²) in [5.74, 6) is 0.293. The lowest BCUT2D eigenvalue weighted by molar-refractivity contribution is 0.0952. The van der Waals surface area contributed by atoms with E-state index in [2.05, 4.69) is 15.1 Å². The van der Waals surface area contributed by atoms with Crippen LogP contribution >= 0.6 is 0 Å². The quantitative estimate of drug-likeness (QED) is 0.504. The van der Waals surface area contributed by atoms with Gasteiger partial charge in [-0.25, -0.2) is 5.43 Å². The molecule has 0 radical (unpaired) electrons. The summed E-state index contributed by atoms with van der Waals surface area (Å²) < 4.78 is 7.61. The van der Waals surface area contributed by atoms with Crippen LogP contribution in [0, 0.1) is 13.8 Å². The molecule has 1 heterocycles. The Morgan fingerprint density at radius 2 is 1.89 bits per heavy atom. The molecule has 28 heavy (non-hydrogen) atoms. The second-order valence-corrected chi connectivity index (χ2v) is 6.31. The molecule has 1 amide bonds. The van der Waals surface area contributed by atoms with Crippen LogP contribution in [0.25, 0.3) is 5.69 Å². The van der Waals surface area contributed by atoms with E-state index < -0.39 is 5.91 Å². The smallest absolute Gasteiger partial charge is 0.275 e. The summed E-state index contributed by atoms with van der Waals surface area (Å²) in [4.78, 5) is 12.1. The predicted molar refractivity (Wildman–Crippen MR) is 110 cm³/mol. The number of hydrazone groups is 1. The van der Waals surface area contributed by atoms with E-state index >= 15 is 0 Å². The Hall–Kier alpha value is -3.54. The lowest BCUT2D eigenvalue weighted by atomic mass is 10.2. The average Bonchev–Trinajstić information content (AvgIpc) is 2.96. The van der Waals surface area contributed by atoms with E-state index in [1.54, 1.807) is 18.3 Å². The Labute approximate surface area is 164 Å². The highest BCUT2D eigenvalue weighted by Crippen LogP contribution is 2.22. The molecule has 6 heteroatoms. The molecule has 6 nitrogen and oxygen atoms in total. The highest BCUT2D eigenvalue weighted by Gasteiger charge is 2.11. The zero-order chi connectivity index (χ0) is 20.1. The van der Waals surface area contributed by atoms with E-state index in [9.17, 15) is 9.90 Å². The van der Waals surface area contributed by atoms with Crippen molar-refractivity contribution >= 4 is 12.1 Å². The van der Waals surface area contributed by atoms with Crippen LogP contribution in [0.1, 0.15) is 34.2 Å². The molecular weight excluding hydrogens is 354 g/mol. The minimum absolute atomic E-state index is 0.0797. The fourth-order valence-corrected chi connectivity index (χ4v) is 3.06. The van der Waals surface area contributed by atoms with Crippen molar-refractivity contribution in [2.45, 2.75) is 20.8 Å². The lowest BCUT2D eigenvalue weighted by Gasteiger charge is -2.11. The number of rotatable bonds is 6. The van der Waals surface area contributed by atoms with Gasteiger partial charge in [0.1, 0.15) is 11.5 Å². The summed E-state index contributed by atoms with van der Waals surface area (Å²) in [6, 6.07) is 16.2. The molecule has 3 aromatic rings. The third-order valence-electron chi connectivity index (χ3n) is 4.39. The molecule has 144 valence electrons. The number of benzene rings is 2. The summed E-state index contributed by atoms with van der Waals surface area (Å²) >= 11 is 0. The summed E-state index contributed by atoms with van der Waals surface area (Å²) in [7, 11) is 0. The lowest BCUT2D eigenvalue weighted by Crippen LogP contribution is -2.17. The number of para-hydroxylation sites is 1. The van der Waals surface area contributed by atoms with Crippen molar-refractivity contribution in [1.29, 1.82) is 0 Å². The zero-order valence-corrected chi connectivity index (χ0v) is 16.1. The number of hydrogen-bond donors (Lipinski definition) is 2. The number of aryl methyl sites for hydroxylation is 1. The Kier molecular flexibility index (Phi) is 5.79. The van der Waals surface area contributed by atoms with Crippen LogP contribution in [-0.2, 0) is 0 Å². The number of ether oxygens (including phenoxy) is 1. The SMILES string of the molecule is CCOc1ccc(-n2c(C)cc(C=NNC(=O)c3ccccc3O)c2C)cc1. The fourth-order valence-electron chi connectivity index (χ4n) is 3.06. The fraction of sp³-hybridized carbons (Fsp3) is 0.182. The molecule has 0 saturated carbocycles. The van der Waals surface area contributed by atoms with Crippen LogP contribution in [0.4, 0.5) is 0 Å². The van der Waals surface area contributed by atoms with Crippen molar-refractivity contribution in [3.05, 3.63) is 77.1 Å². The molecule has 0 bridgehead atoms. The van der Waals surface area contributed by atoms with Gasteiger partial charge in [0.15, 0.2) is 0 Å². The van der Waals surface area contributed by atoms with E-state index in [0.717, 1.165) is 28.4 Å². The number of phenolic OH excluding ortho intramolecular Hbond substituents is 1. The molecule has 0 unspecified atom stereocenters. The molecule has 2 aromatic carbocycles. The highest BCUT2D eigenvalue weighted by molar-refractivity contribution is 5.97. The number of phenols is 1. The maximum Gasteiger partial charge on any atom is 0.275 e. The first-order valence-electron chi connectivity index (χ1n) is 9.05. The molecule has 0 spiro atoms. The van der Waals surface area contributed by atoms with Crippen LogP contribution < -0.4 is 10.2 Å². The summed E-state index contributed by atoms with van der Waals surface area (Å²) in [5, 5.41) is 13.8. The van der Waals surface area contributed by atoms with Crippen molar-refractivity contribution in [2.75, 3.05) is 6.61 Å². The van der Waals surface area contributed by atoms with Gasteiger partial charge >= 0.3 is 0 Å². The van der Waals surface area contributed by atoms with Crippen molar-refractivity contribution in [1.82, 2.24) is 9.99 Å². The molecule has 1 aromatic heterocycles. The molecular formula is C22H23N3O3. The van der Waals surface area contributed by atoms with Gasteiger partial charge in [0.25, 0.3) is 5.91 Å². The number of hydrogen-bond acceptors (Lipinski definition) is 4. The van der Waals surface area contributed by atoms with Gasteiger partial charge in [-0.15, -0.1) is 0 Å². The van der Waals surface area contributed by atoms with E-state index in [-0.39, 0.29) is 11.3 Å². The van der Waals surface area contributed by atoms with E-state index in [0.29, 0.717) is 6.61 Å². The Balaban J connectivity index is 1.77. The van der Waals surface area contributed by atoms with Crippen molar-refractivity contribution in [3.8, 4) is 17.2 Å². The van der Waals surface area contributed by atoms with Gasteiger partial charge < -0.3 is 14.4 Å². The summed E-state index contributed by atoms with van der Waals surface area (Å²) in [6.45, 7) is 6.60. The number of aromatic hydroxyl groups is 1. The van der Waals surface area contributed by atoms with E-state index in [4.69, 9.17) is 4.74 Å². The first-order valence-corrected chi connectivity index (χ1v) is 9.05. The minimum atomic E-state index is -0.463.